The Kier molecular flexibility index (Phi) is 4.54. The molecule has 15 heavy (non-hydrogen) atoms. The number of amides is 1. The summed E-state index contributed by atoms with van der Waals surface area (Å²) in [6, 6.07) is 0. The van der Waals surface area contributed by atoms with Crippen LogP contribution in [0.4, 0.5) is 0 Å². The van der Waals surface area contributed by atoms with Gasteiger partial charge in [0.15, 0.2) is 0 Å². The number of aliphatic hydroxyl groups is 1. The van der Waals surface area contributed by atoms with Crippen LogP contribution >= 0.6 is 0 Å². The molecule has 0 saturated heterocycles. The monoisotopic (exact) mass is 214 g/mol. The van der Waals surface area contributed by atoms with Crippen LogP contribution in [0, 0.1) is 5.92 Å². The molecular formula is C11H22N2O2. The van der Waals surface area contributed by atoms with Crippen LogP contribution in [0.15, 0.2) is 0 Å². The fraction of sp³-hybridized carbons (Fsp3) is 0.909. The molecule has 1 amide bonds. The molecule has 4 N–H and O–H groups in total. The van der Waals surface area contributed by atoms with Gasteiger partial charge >= 0.3 is 0 Å². The Labute approximate surface area is 91.2 Å². The third kappa shape index (κ3) is 4.18. The summed E-state index contributed by atoms with van der Waals surface area (Å²) in [5.41, 5.74) is 4.58. The van der Waals surface area contributed by atoms with Gasteiger partial charge in [0.2, 0.25) is 5.91 Å². The van der Waals surface area contributed by atoms with Crippen molar-refractivity contribution in [2.45, 2.75) is 44.6 Å². The maximum absolute atomic E-state index is 11.2. The lowest BCUT2D eigenvalue weighted by atomic mass is 9.79. The summed E-state index contributed by atoms with van der Waals surface area (Å²) >= 11 is 0. The van der Waals surface area contributed by atoms with Crippen molar-refractivity contribution in [3.63, 3.8) is 0 Å². The minimum absolute atomic E-state index is 0.0656. The fourth-order valence-electron chi connectivity index (χ4n) is 2.28. The lowest BCUT2D eigenvalue weighted by Crippen LogP contribution is -2.46. The summed E-state index contributed by atoms with van der Waals surface area (Å²) in [7, 11) is 0. The predicted molar refractivity (Wildman–Crippen MR) is 59.3 cm³/mol. The number of nitrogens with two attached hydrogens (primary N) is 1. The molecule has 0 radical (unpaired) electrons. The Morgan fingerprint density at radius 3 is 3.00 bits per heavy atom. The van der Waals surface area contributed by atoms with Gasteiger partial charge in [0.25, 0.3) is 0 Å². The van der Waals surface area contributed by atoms with Crippen molar-refractivity contribution < 1.29 is 9.90 Å². The van der Waals surface area contributed by atoms with Crippen molar-refractivity contribution in [3.05, 3.63) is 0 Å². The summed E-state index contributed by atoms with van der Waals surface area (Å²) in [5, 5.41) is 13.0. The van der Waals surface area contributed by atoms with E-state index in [0.717, 1.165) is 19.3 Å². The van der Waals surface area contributed by atoms with E-state index in [9.17, 15) is 9.90 Å². The fourth-order valence-corrected chi connectivity index (χ4v) is 2.28. The maximum atomic E-state index is 11.2. The smallest absolute Gasteiger partial charge is 0.221 e. The topological polar surface area (TPSA) is 75.3 Å². The molecule has 1 aliphatic carbocycles. The Balaban J connectivity index is 2.32. The molecule has 1 aliphatic rings. The molecule has 2 atom stereocenters. The molecular weight excluding hydrogens is 192 g/mol. The molecule has 0 aromatic rings. The van der Waals surface area contributed by atoms with Gasteiger partial charge < -0.3 is 16.2 Å². The summed E-state index contributed by atoms with van der Waals surface area (Å²) in [6.45, 7) is 2.88. The molecule has 0 spiro atoms. The summed E-state index contributed by atoms with van der Waals surface area (Å²) in [4.78, 5) is 11.2. The van der Waals surface area contributed by atoms with Gasteiger partial charge in [0.05, 0.1) is 5.60 Å². The summed E-state index contributed by atoms with van der Waals surface area (Å²) in [6.07, 6.45) is 4.14. The van der Waals surface area contributed by atoms with E-state index in [2.05, 4.69) is 12.2 Å². The van der Waals surface area contributed by atoms with Gasteiger partial charge in [0, 0.05) is 19.5 Å². The second-order valence-electron chi connectivity index (χ2n) is 4.74. The molecule has 0 bridgehead atoms. The normalized spacial score (nSPS) is 31.3. The molecule has 0 aliphatic heterocycles. The number of carbonyl (C=O) groups is 1. The Morgan fingerprint density at radius 2 is 2.40 bits per heavy atom. The number of nitrogens with one attached hydrogen (secondary N) is 1. The van der Waals surface area contributed by atoms with E-state index in [4.69, 9.17) is 5.73 Å². The highest BCUT2D eigenvalue weighted by Crippen LogP contribution is 2.31. The van der Waals surface area contributed by atoms with Crippen LogP contribution in [0.25, 0.3) is 0 Å². The number of rotatable bonds is 4. The van der Waals surface area contributed by atoms with Crippen molar-refractivity contribution >= 4 is 5.91 Å². The zero-order valence-electron chi connectivity index (χ0n) is 9.46. The Bertz CT molecular complexity index is 221. The molecule has 1 saturated carbocycles. The first-order valence-electron chi connectivity index (χ1n) is 5.75. The molecule has 4 heteroatoms. The largest absolute Gasteiger partial charge is 0.388 e. The van der Waals surface area contributed by atoms with E-state index >= 15 is 0 Å². The van der Waals surface area contributed by atoms with Crippen LogP contribution in [0.2, 0.25) is 0 Å². The Morgan fingerprint density at radius 1 is 1.67 bits per heavy atom. The highest BCUT2D eigenvalue weighted by molar-refractivity contribution is 5.76. The first-order chi connectivity index (χ1) is 7.06. The molecule has 0 aromatic carbocycles. The molecule has 2 unspecified atom stereocenters. The van der Waals surface area contributed by atoms with Gasteiger partial charge in [-0.05, 0) is 18.8 Å². The first-order valence-corrected chi connectivity index (χ1v) is 5.75. The van der Waals surface area contributed by atoms with Crippen LogP contribution in [0.3, 0.4) is 0 Å². The van der Waals surface area contributed by atoms with E-state index in [-0.39, 0.29) is 5.91 Å². The molecule has 0 heterocycles. The van der Waals surface area contributed by atoms with Crippen molar-refractivity contribution in [1.82, 2.24) is 5.32 Å². The van der Waals surface area contributed by atoms with Crippen molar-refractivity contribution in [2.75, 3.05) is 13.1 Å². The average molecular weight is 214 g/mol. The predicted octanol–water partition coefficient (Wildman–Crippen LogP) is 0.393. The summed E-state index contributed by atoms with van der Waals surface area (Å²) < 4.78 is 0. The minimum Gasteiger partial charge on any atom is -0.388 e. The van der Waals surface area contributed by atoms with Crippen molar-refractivity contribution in [2.24, 2.45) is 11.7 Å². The third-order valence-corrected chi connectivity index (χ3v) is 3.05. The van der Waals surface area contributed by atoms with E-state index in [1.54, 1.807) is 0 Å². The SMILES string of the molecule is CC1CCCC(O)(CNC(=O)CCN)C1. The zero-order valence-corrected chi connectivity index (χ0v) is 9.46. The van der Waals surface area contributed by atoms with E-state index in [0.29, 0.717) is 25.4 Å². The second-order valence-corrected chi connectivity index (χ2v) is 4.74. The first kappa shape index (κ1) is 12.5. The molecule has 1 fully saturated rings. The zero-order chi connectivity index (χ0) is 11.3. The number of hydrogen-bond donors (Lipinski definition) is 3. The van der Waals surface area contributed by atoms with Crippen LogP contribution in [-0.4, -0.2) is 29.7 Å². The van der Waals surface area contributed by atoms with Gasteiger partial charge in [-0.3, -0.25) is 4.79 Å². The average Bonchev–Trinajstić information content (AvgIpc) is 2.15. The highest BCUT2D eigenvalue weighted by Gasteiger charge is 2.32. The lowest BCUT2D eigenvalue weighted by Gasteiger charge is -2.35. The Hall–Kier alpha value is -0.610. The van der Waals surface area contributed by atoms with Gasteiger partial charge in [0.1, 0.15) is 0 Å². The van der Waals surface area contributed by atoms with E-state index < -0.39 is 5.60 Å². The van der Waals surface area contributed by atoms with E-state index in [1.165, 1.54) is 6.42 Å². The molecule has 0 aromatic heterocycles. The van der Waals surface area contributed by atoms with Crippen molar-refractivity contribution in [1.29, 1.82) is 0 Å². The maximum Gasteiger partial charge on any atom is 0.221 e. The quantitative estimate of drug-likeness (QED) is 0.634. The molecule has 1 rings (SSSR count). The second kappa shape index (κ2) is 5.47. The minimum atomic E-state index is -0.693. The van der Waals surface area contributed by atoms with Gasteiger partial charge in [-0.15, -0.1) is 0 Å². The molecule has 4 nitrogen and oxygen atoms in total. The summed E-state index contributed by atoms with van der Waals surface area (Å²) in [5.74, 6) is 0.485. The molecule has 88 valence electrons. The van der Waals surface area contributed by atoms with Crippen LogP contribution < -0.4 is 11.1 Å². The van der Waals surface area contributed by atoms with Crippen LogP contribution in [0.1, 0.15) is 39.0 Å². The van der Waals surface area contributed by atoms with Crippen LogP contribution in [-0.2, 0) is 4.79 Å². The van der Waals surface area contributed by atoms with Gasteiger partial charge in [-0.25, -0.2) is 0 Å². The third-order valence-electron chi connectivity index (χ3n) is 3.05. The highest BCUT2D eigenvalue weighted by atomic mass is 16.3. The standard InChI is InChI=1S/C11H22N2O2/c1-9-3-2-5-11(15,7-9)8-13-10(14)4-6-12/h9,15H,2-8,12H2,1H3,(H,13,14). The number of carbonyl (C=O) groups excluding carboxylic acids is 1. The van der Waals surface area contributed by atoms with E-state index in [1.807, 2.05) is 0 Å². The van der Waals surface area contributed by atoms with Gasteiger partial charge in [-0.2, -0.15) is 0 Å². The lowest BCUT2D eigenvalue weighted by molar-refractivity contribution is -0.122. The van der Waals surface area contributed by atoms with Gasteiger partial charge in [-0.1, -0.05) is 19.8 Å². The number of hydrogen-bond acceptors (Lipinski definition) is 3. The van der Waals surface area contributed by atoms with Crippen LogP contribution in [0.5, 0.6) is 0 Å². The van der Waals surface area contributed by atoms with Crippen molar-refractivity contribution in [3.8, 4) is 0 Å².